The summed E-state index contributed by atoms with van der Waals surface area (Å²) in [7, 11) is 0. The maximum atomic E-state index is 13.0. The van der Waals surface area contributed by atoms with E-state index < -0.39 is 23.7 Å². The van der Waals surface area contributed by atoms with E-state index in [1.54, 1.807) is 25.1 Å². The third kappa shape index (κ3) is 3.79. The Kier molecular flexibility index (Phi) is 4.83. The van der Waals surface area contributed by atoms with Crippen molar-refractivity contribution in [1.29, 1.82) is 0 Å². The molecule has 3 rings (SSSR count). The van der Waals surface area contributed by atoms with Crippen LogP contribution in [0.4, 0.5) is 13.2 Å². The normalized spacial score (nSPS) is 12.8. The fourth-order valence-corrected chi connectivity index (χ4v) is 2.51. The first-order valence-electron chi connectivity index (χ1n) is 7.89. The molecule has 3 aromatic rings. The molecular formula is C18H16F3N3O2. The topological polar surface area (TPSA) is 67.0 Å². The highest BCUT2D eigenvalue weighted by Gasteiger charge is 2.34. The molecule has 0 aliphatic rings. The number of aromatic nitrogens is 2. The lowest BCUT2D eigenvalue weighted by Gasteiger charge is -2.17. The molecule has 0 saturated carbocycles. The molecule has 0 radical (unpaired) electrons. The summed E-state index contributed by atoms with van der Waals surface area (Å²) >= 11 is 0. The minimum Gasteiger partial charge on any atom is -0.491 e. The fraction of sp³-hybridized carbons (Fsp3) is 0.222. The second kappa shape index (κ2) is 7.07. The van der Waals surface area contributed by atoms with E-state index in [4.69, 9.17) is 4.74 Å². The lowest BCUT2D eigenvalue weighted by atomic mass is 10.2. The number of amides is 1. The van der Waals surface area contributed by atoms with Crippen LogP contribution in [0.15, 0.2) is 48.5 Å². The molecular weight excluding hydrogens is 347 g/mol. The number of halogens is 3. The standard InChI is InChI=1S/C18H16F3N3O2/c1-11(10-26-15-9-5-3-7-13(15)18(19,20)21)22-17(25)16-12-6-2-4-8-14(12)23-24-16/h2-9,11H,10H2,1H3,(H,22,25)(H,23,24)/t11-/m0/s1. The predicted octanol–water partition coefficient (Wildman–Crippen LogP) is 3.78. The number of benzene rings is 2. The van der Waals surface area contributed by atoms with Gasteiger partial charge >= 0.3 is 6.18 Å². The summed E-state index contributed by atoms with van der Waals surface area (Å²) in [5.41, 5.74) is 0.0978. The Morgan fingerprint density at radius 3 is 2.65 bits per heavy atom. The van der Waals surface area contributed by atoms with E-state index in [0.717, 1.165) is 11.6 Å². The maximum absolute atomic E-state index is 13.0. The van der Waals surface area contributed by atoms with Crippen molar-refractivity contribution >= 4 is 16.8 Å². The first-order valence-corrected chi connectivity index (χ1v) is 7.89. The van der Waals surface area contributed by atoms with Crippen LogP contribution in [0.1, 0.15) is 23.0 Å². The zero-order chi connectivity index (χ0) is 18.7. The SMILES string of the molecule is C[C@@H](COc1ccccc1C(F)(F)F)NC(=O)c1n[nH]c2ccccc12. The van der Waals surface area contributed by atoms with Gasteiger partial charge in [-0.1, -0.05) is 30.3 Å². The number of nitrogens with zero attached hydrogens (tertiary/aromatic N) is 1. The lowest BCUT2D eigenvalue weighted by Crippen LogP contribution is -2.37. The molecule has 0 aliphatic heterocycles. The van der Waals surface area contributed by atoms with Gasteiger partial charge in [0.25, 0.3) is 5.91 Å². The smallest absolute Gasteiger partial charge is 0.419 e. The van der Waals surface area contributed by atoms with E-state index in [9.17, 15) is 18.0 Å². The number of hydrogen-bond acceptors (Lipinski definition) is 3. The van der Waals surface area contributed by atoms with Crippen molar-refractivity contribution in [3.63, 3.8) is 0 Å². The number of aromatic amines is 1. The number of fused-ring (bicyclic) bond motifs is 1. The zero-order valence-electron chi connectivity index (χ0n) is 13.8. The summed E-state index contributed by atoms with van der Waals surface area (Å²) in [6.07, 6.45) is -4.50. The monoisotopic (exact) mass is 363 g/mol. The number of H-pyrrole nitrogens is 1. The van der Waals surface area contributed by atoms with Gasteiger partial charge in [-0.05, 0) is 25.1 Å². The number of carbonyl (C=O) groups is 1. The van der Waals surface area contributed by atoms with Crippen molar-refractivity contribution in [3.05, 3.63) is 59.8 Å². The zero-order valence-corrected chi connectivity index (χ0v) is 13.8. The van der Waals surface area contributed by atoms with Crippen LogP contribution < -0.4 is 10.1 Å². The Bertz CT molecular complexity index is 921. The van der Waals surface area contributed by atoms with Crippen LogP contribution in [0.5, 0.6) is 5.75 Å². The molecule has 0 fully saturated rings. The molecule has 0 saturated heterocycles. The molecule has 1 aromatic heterocycles. The Morgan fingerprint density at radius 2 is 1.88 bits per heavy atom. The summed E-state index contributed by atoms with van der Waals surface area (Å²) in [5, 5.41) is 10.1. The van der Waals surface area contributed by atoms with Gasteiger partial charge in [0, 0.05) is 5.39 Å². The summed E-state index contributed by atoms with van der Waals surface area (Å²) in [5.74, 6) is -0.700. The van der Waals surface area contributed by atoms with E-state index in [1.165, 1.54) is 18.2 Å². The minimum absolute atomic E-state index is 0.110. The summed E-state index contributed by atoms with van der Waals surface area (Å²) in [6, 6.07) is 11.6. The van der Waals surface area contributed by atoms with E-state index in [1.807, 2.05) is 6.07 Å². The molecule has 136 valence electrons. The van der Waals surface area contributed by atoms with Crippen molar-refractivity contribution in [2.75, 3.05) is 6.61 Å². The van der Waals surface area contributed by atoms with E-state index in [2.05, 4.69) is 15.5 Å². The molecule has 0 spiro atoms. The number of alkyl halides is 3. The van der Waals surface area contributed by atoms with Gasteiger partial charge in [0.1, 0.15) is 12.4 Å². The quantitative estimate of drug-likeness (QED) is 0.725. The van der Waals surface area contributed by atoms with Gasteiger partial charge in [-0.2, -0.15) is 18.3 Å². The first-order chi connectivity index (χ1) is 12.4. The number of carbonyl (C=O) groups excluding carboxylic acids is 1. The molecule has 8 heteroatoms. The average molecular weight is 363 g/mol. The van der Waals surface area contributed by atoms with Crippen molar-refractivity contribution in [3.8, 4) is 5.75 Å². The molecule has 5 nitrogen and oxygen atoms in total. The number of ether oxygens (including phenoxy) is 1. The maximum Gasteiger partial charge on any atom is 0.419 e. The van der Waals surface area contributed by atoms with E-state index in [0.29, 0.717) is 5.39 Å². The molecule has 26 heavy (non-hydrogen) atoms. The third-order valence-electron chi connectivity index (χ3n) is 3.74. The van der Waals surface area contributed by atoms with Crippen molar-refractivity contribution in [2.45, 2.75) is 19.1 Å². The highest BCUT2D eigenvalue weighted by atomic mass is 19.4. The summed E-state index contributed by atoms with van der Waals surface area (Å²) in [6.45, 7) is 1.53. The predicted molar refractivity (Wildman–Crippen MR) is 90.0 cm³/mol. The first kappa shape index (κ1) is 17.8. The number of hydrogen-bond donors (Lipinski definition) is 2. The van der Waals surface area contributed by atoms with Gasteiger partial charge < -0.3 is 10.1 Å². The van der Waals surface area contributed by atoms with Gasteiger partial charge in [-0.25, -0.2) is 0 Å². The van der Waals surface area contributed by atoms with Gasteiger partial charge in [0.15, 0.2) is 5.69 Å². The Balaban J connectivity index is 1.65. The molecule has 2 N–H and O–H groups in total. The molecule has 1 amide bonds. The average Bonchev–Trinajstić information content (AvgIpc) is 3.03. The van der Waals surface area contributed by atoms with Crippen LogP contribution in [0.25, 0.3) is 10.9 Å². The van der Waals surface area contributed by atoms with Crippen molar-refractivity contribution < 1.29 is 22.7 Å². The number of nitrogens with one attached hydrogen (secondary N) is 2. The highest BCUT2D eigenvalue weighted by Crippen LogP contribution is 2.35. The number of para-hydroxylation sites is 2. The second-order valence-corrected chi connectivity index (χ2v) is 5.80. The highest BCUT2D eigenvalue weighted by molar-refractivity contribution is 6.04. The van der Waals surface area contributed by atoms with Gasteiger partial charge in [0.05, 0.1) is 17.1 Å². The van der Waals surface area contributed by atoms with Gasteiger partial charge in [-0.3, -0.25) is 9.89 Å². The molecule has 0 aliphatic carbocycles. The van der Waals surface area contributed by atoms with E-state index in [-0.39, 0.29) is 18.1 Å². The van der Waals surface area contributed by atoms with Crippen molar-refractivity contribution in [1.82, 2.24) is 15.5 Å². The Hall–Kier alpha value is -3.03. The third-order valence-corrected chi connectivity index (χ3v) is 3.74. The molecule has 1 heterocycles. The lowest BCUT2D eigenvalue weighted by molar-refractivity contribution is -0.139. The van der Waals surface area contributed by atoms with E-state index >= 15 is 0 Å². The minimum atomic E-state index is -4.50. The van der Waals surface area contributed by atoms with Gasteiger partial charge in [0.2, 0.25) is 0 Å². The number of rotatable bonds is 5. The fourth-order valence-electron chi connectivity index (χ4n) is 2.51. The van der Waals surface area contributed by atoms with Crippen LogP contribution in [0.3, 0.4) is 0 Å². The second-order valence-electron chi connectivity index (χ2n) is 5.80. The molecule has 0 unspecified atom stereocenters. The largest absolute Gasteiger partial charge is 0.491 e. The molecule has 0 bridgehead atoms. The van der Waals surface area contributed by atoms with Crippen LogP contribution >= 0.6 is 0 Å². The van der Waals surface area contributed by atoms with Crippen molar-refractivity contribution in [2.24, 2.45) is 0 Å². The molecule has 2 aromatic carbocycles. The van der Waals surface area contributed by atoms with Gasteiger partial charge in [-0.15, -0.1) is 0 Å². The summed E-state index contributed by atoms with van der Waals surface area (Å²) in [4.78, 5) is 12.3. The Labute approximate surface area is 147 Å². The van der Waals surface area contributed by atoms with Crippen LogP contribution in [0.2, 0.25) is 0 Å². The van der Waals surface area contributed by atoms with Crippen LogP contribution in [-0.2, 0) is 6.18 Å². The Morgan fingerprint density at radius 1 is 1.19 bits per heavy atom. The van der Waals surface area contributed by atoms with Crippen LogP contribution in [0, 0.1) is 0 Å². The molecule has 1 atom stereocenters. The summed E-state index contributed by atoms with van der Waals surface area (Å²) < 4.78 is 44.1. The van der Waals surface area contributed by atoms with Crippen LogP contribution in [-0.4, -0.2) is 28.8 Å².